The summed E-state index contributed by atoms with van der Waals surface area (Å²) in [6.45, 7) is 1.37. The Kier molecular flexibility index (Phi) is 5.51. The fourth-order valence-electron chi connectivity index (χ4n) is 2.56. The van der Waals surface area contributed by atoms with E-state index in [1.54, 1.807) is 36.5 Å². The number of esters is 1. The van der Waals surface area contributed by atoms with Gasteiger partial charge in [-0.25, -0.2) is 4.79 Å². The topological polar surface area (TPSA) is 111 Å². The number of benzene rings is 2. The van der Waals surface area contributed by atoms with Gasteiger partial charge in [-0.3, -0.25) is 19.9 Å². The highest BCUT2D eigenvalue weighted by atomic mass is 35.5. The van der Waals surface area contributed by atoms with E-state index in [2.05, 4.69) is 10.3 Å². The van der Waals surface area contributed by atoms with E-state index >= 15 is 0 Å². The number of amides is 1. The summed E-state index contributed by atoms with van der Waals surface area (Å²) >= 11 is 5.81. The monoisotopic (exact) mass is 399 g/mol. The lowest BCUT2D eigenvalue weighted by molar-refractivity contribution is -0.385. The molecule has 1 heterocycles. The highest BCUT2D eigenvalue weighted by molar-refractivity contribution is 6.31. The maximum Gasteiger partial charge on any atom is 0.345 e. The van der Waals surface area contributed by atoms with Crippen molar-refractivity contribution >= 4 is 45.8 Å². The van der Waals surface area contributed by atoms with E-state index in [4.69, 9.17) is 16.3 Å². The number of nitrogens with one attached hydrogen (secondary N) is 1. The third-order valence-corrected chi connectivity index (χ3v) is 4.17. The van der Waals surface area contributed by atoms with Gasteiger partial charge < -0.3 is 10.1 Å². The third-order valence-electron chi connectivity index (χ3n) is 3.93. The first-order valence-electron chi connectivity index (χ1n) is 8.16. The smallest absolute Gasteiger partial charge is 0.345 e. The van der Waals surface area contributed by atoms with Crippen molar-refractivity contribution in [3.05, 3.63) is 75.4 Å². The third kappa shape index (κ3) is 4.07. The number of carbonyl (C=O) groups excluding carboxylic acids is 2. The molecule has 0 aliphatic heterocycles. The van der Waals surface area contributed by atoms with Gasteiger partial charge in [-0.2, -0.15) is 0 Å². The van der Waals surface area contributed by atoms with Gasteiger partial charge in [0.05, 0.1) is 16.1 Å². The Morgan fingerprint density at radius 1 is 1.21 bits per heavy atom. The van der Waals surface area contributed by atoms with Crippen molar-refractivity contribution in [3.8, 4) is 0 Å². The normalized spacial score (nSPS) is 11.6. The molecular weight excluding hydrogens is 386 g/mol. The fourth-order valence-corrected chi connectivity index (χ4v) is 2.73. The summed E-state index contributed by atoms with van der Waals surface area (Å²) < 4.78 is 5.10. The van der Waals surface area contributed by atoms with Crippen LogP contribution in [0.5, 0.6) is 0 Å². The van der Waals surface area contributed by atoms with E-state index in [0.717, 1.165) is 17.5 Å². The number of aromatic nitrogens is 1. The minimum Gasteiger partial charge on any atom is -0.449 e. The molecule has 1 atom stereocenters. The molecule has 3 aromatic rings. The lowest BCUT2D eigenvalue weighted by atomic mass is 10.1. The molecule has 0 radical (unpaired) electrons. The quantitative estimate of drug-likeness (QED) is 0.394. The van der Waals surface area contributed by atoms with Crippen molar-refractivity contribution < 1.29 is 19.2 Å². The second kappa shape index (κ2) is 8.01. The van der Waals surface area contributed by atoms with Gasteiger partial charge in [-0.15, -0.1) is 0 Å². The second-order valence-corrected chi connectivity index (χ2v) is 6.27. The van der Waals surface area contributed by atoms with E-state index in [-0.39, 0.29) is 10.6 Å². The summed E-state index contributed by atoms with van der Waals surface area (Å²) in [5.74, 6) is -1.61. The molecule has 0 fully saturated rings. The Balaban J connectivity index is 1.77. The van der Waals surface area contributed by atoms with Crippen molar-refractivity contribution in [2.45, 2.75) is 13.0 Å². The molecule has 8 nitrogen and oxygen atoms in total. The van der Waals surface area contributed by atoms with Gasteiger partial charge >= 0.3 is 5.97 Å². The van der Waals surface area contributed by atoms with E-state index in [1.165, 1.54) is 13.0 Å². The lowest BCUT2D eigenvalue weighted by Crippen LogP contribution is -2.30. The zero-order valence-corrected chi connectivity index (χ0v) is 15.3. The van der Waals surface area contributed by atoms with Crippen LogP contribution in [0.2, 0.25) is 5.02 Å². The molecule has 1 N–H and O–H groups in total. The Hall–Kier alpha value is -3.52. The van der Waals surface area contributed by atoms with Crippen molar-refractivity contribution in [3.63, 3.8) is 0 Å². The number of fused-ring (bicyclic) bond motifs is 1. The van der Waals surface area contributed by atoms with Crippen LogP contribution in [0.1, 0.15) is 17.3 Å². The molecule has 1 aromatic heterocycles. The summed E-state index contributed by atoms with van der Waals surface area (Å²) in [6, 6.07) is 12.3. The molecule has 1 unspecified atom stereocenters. The Bertz CT molecular complexity index is 1080. The van der Waals surface area contributed by atoms with Crippen LogP contribution in [-0.2, 0) is 9.53 Å². The minimum absolute atomic E-state index is 0.137. The lowest BCUT2D eigenvalue weighted by Gasteiger charge is -2.14. The SMILES string of the molecule is CC(OC(=O)c1cc(Cl)ccc1[N+](=O)[O-])C(=O)Nc1cccc2ncccc12. The summed E-state index contributed by atoms with van der Waals surface area (Å²) in [5.41, 5.74) is 0.417. The zero-order chi connectivity index (χ0) is 20.3. The summed E-state index contributed by atoms with van der Waals surface area (Å²) in [7, 11) is 0. The minimum atomic E-state index is -1.20. The standard InChI is InChI=1S/C19H14ClN3O5/c1-11(28-19(25)14-10-12(20)7-8-17(14)23(26)27)18(24)22-16-6-2-5-15-13(16)4-3-9-21-15/h2-11H,1H3,(H,22,24). The fraction of sp³-hybridized carbons (Fsp3) is 0.105. The number of pyridine rings is 1. The molecule has 0 aliphatic rings. The molecule has 1 amide bonds. The van der Waals surface area contributed by atoms with Gasteiger partial charge in [0.25, 0.3) is 11.6 Å². The summed E-state index contributed by atoms with van der Waals surface area (Å²) in [5, 5.41) is 14.6. The van der Waals surface area contributed by atoms with Gasteiger partial charge in [0, 0.05) is 22.7 Å². The number of hydrogen-bond acceptors (Lipinski definition) is 6. The van der Waals surface area contributed by atoms with Crippen LogP contribution < -0.4 is 5.32 Å². The predicted octanol–water partition coefficient (Wildman–Crippen LogP) is 3.98. The van der Waals surface area contributed by atoms with Crippen LogP contribution in [0.4, 0.5) is 11.4 Å². The number of hydrogen-bond donors (Lipinski definition) is 1. The van der Waals surface area contributed by atoms with E-state index < -0.39 is 28.6 Å². The number of halogens is 1. The van der Waals surface area contributed by atoms with Crippen LogP contribution >= 0.6 is 11.6 Å². The number of ether oxygens (including phenoxy) is 1. The average molecular weight is 400 g/mol. The number of nitrogens with zero attached hydrogens (tertiary/aromatic N) is 2. The maximum absolute atomic E-state index is 12.4. The summed E-state index contributed by atoms with van der Waals surface area (Å²) in [4.78, 5) is 39.3. The molecule has 9 heteroatoms. The highest BCUT2D eigenvalue weighted by Crippen LogP contribution is 2.25. The van der Waals surface area contributed by atoms with Crippen LogP contribution in [0.15, 0.2) is 54.7 Å². The highest BCUT2D eigenvalue weighted by Gasteiger charge is 2.26. The Morgan fingerprint density at radius 2 is 2.00 bits per heavy atom. The molecule has 0 bridgehead atoms. The first-order chi connectivity index (χ1) is 13.4. The molecule has 2 aromatic carbocycles. The number of carbonyl (C=O) groups is 2. The molecule has 142 valence electrons. The van der Waals surface area contributed by atoms with Gasteiger partial charge in [-0.1, -0.05) is 17.7 Å². The Labute approximate surface area is 164 Å². The first kappa shape index (κ1) is 19.2. The second-order valence-electron chi connectivity index (χ2n) is 5.83. The van der Waals surface area contributed by atoms with Gasteiger partial charge in [0.1, 0.15) is 5.56 Å². The number of anilines is 1. The summed E-state index contributed by atoms with van der Waals surface area (Å²) in [6.07, 6.45) is 0.439. The molecule has 3 rings (SSSR count). The van der Waals surface area contributed by atoms with Crippen LogP contribution in [0.3, 0.4) is 0 Å². The van der Waals surface area contributed by atoms with E-state index in [0.29, 0.717) is 11.2 Å². The molecule has 0 aliphatic carbocycles. The Morgan fingerprint density at radius 3 is 2.75 bits per heavy atom. The van der Waals surface area contributed by atoms with Gasteiger partial charge in [0.15, 0.2) is 6.10 Å². The van der Waals surface area contributed by atoms with Crippen LogP contribution in [0.25, 0.3) is 10.9 Å². The van der Waals surface area contributed by atoms with Crippen molar-refractivity contribution in [2.24, 2.45) is 0 Å². The van der Waals surface area contributed by atoms with E-state index in [1.807, 2.05) is 0 Å². The molecule has 28 heavy (non-hydrogen) atoms. The predicted molar refractivity (Wildman–Crippen MR) is 103 cm³/mol. The van der Waals surface area contributed by atoms with Crippen molar-refractivity contribution in [1.82, 2.24) is 4.98 Å². The molecule has 0 spiro atoms. The van der Waals surface area contributed by atoms with Crippen molar-refractivity contribution in [2.75, 3.05) is 5.32 Å². The average Bonchev–Trinajstić information content (AvgIpc) is 2.67. The first-order valence-corrected chi connectivity index (χ1v) is 8.54. The maximum atomic E-state index is 12.4. The van der Waals surface area contributed by atoms with Gasteiger partial charge in [-0.05, 0) is 43.3 Å². The number of nitro benzene ring substituents is 1. The number of rotatable bonds is 5. The molecular formula is C19H14ClN3O5. The van der Waals surface area contributed by atoms with Crippen molar-refractivity contribution in [1.29, 1.82) is 0 Å². The van der Waals surface area contributed by atoms with Gasteiger partial charge in [0.2, 0.25) is 0 Å². The molecule has 0 saturated carbocycles. The largest absolute Gasteiger partial charge is 0.449 e. The van der Waals surface area contributed by atoms with Crippen LogP contribution in [0, 0.1) is 10.1 Å². The van der Waals surface area contributed by atoms with E-state index in [9.17, 15) is 19.7 Å². The van der Waals surface area contributed by atoms with Crippen LogP contribution in [-0.4, -0.2) is 27.9 Å². The molecule has 0 saturated heterocycles. The number of nitro groups is 1. The zero-order valence-electron chi connectivity index (χ0n) is 14.6.